The van der Waals surface area contributed by atoms with Crippen LogP contribution in [0.5, 0.6) is 0 Å². The fourth-order valence-electron chi connectivity index (χ4n) is 3.29. The van der Waals surface area contributed by atoms with E-state index < -0.39 is 20.6 Å². The Bertz CT molecular complexity index is 905. The Morgan fingerprint density at radius 2 is 1.77 bits per heavy atom. The molecule has 1 aliphatic rings. The van der Waals surface area contributed by atoms with Gasteiger partial charge in [-0.1, -0.05) is 42.5 Å². The average Bonchev–Trinajstić information content (AvgIpc) is 2.98. The molecule has 1 aliphatic heterocycles. The van der Waals surface area contributed by atoms with Crippen LogP contribution in [0.4, 0.5) is 5.69 Å². The lowest BCUT2D eigenvalue weighted by molar-refractivity contribution is -0.387. The Morgan fingerprint density at radius 1 is 1.12 bits per heavy atom. The molecule has 2 N–H and O–H groups in total. The normalized spacial score (nSPS) is 20.5. The van der Waals surface area contributed by atoms with Crippen molar-refractivity contribution in [2.24, 2.45) is 5.73 Å². The zero-order chi connectivity index (χ0) is 18.2. The summed E-state index contributed by atoms with van der Waals surface area (Å²) in [4.78, 5) is 10.4. The molecule has 0 radical (unpaired) electrons. The summed E-state index contributed by atoms with van der Waals surface area (Å²) in [6.45, 7) is 1.90. The van der Waals surface area contributed by atoms with Gasteiger partial charge in [0, 0.05) is 31.1 Å². The number of halogens is 1. The van der Waals surface area contributed by atoms with E-state index in [1.807, 2.05) is 30.3 Å². The van der Waals surface area contributed by atoms with Gasteiger partial charge in [0.2, 0.25) is 10.0 Å². The summed E-state index contributed by atoms with van der Waals surface area (Å²) in [6.07, 6.45) is 0. The molecule has 0 spiro atoms. The molecule has 2 atom stereocenters. The van der Waals surface area contributed by atoms with E-state index in [1.165, 1.54) is 16.4 Å². The summed E-state index contributed by atoms with van der Waals surface area (Å²) in [6, 6.07) is 13.4. The van der Waals surface area contributed by atoms with Gasteiger partial charge >= 0.3 is 0 Å². The predicted molar refractivity (Wildman–Crippen MR) is 101 cm³/mol. The van der Waals surface area contributed by atoms with Gasteiger partial charge < -0.3 is 5.73 Å². The van der Waals surface area contributed by atoms with Crippen molar-refractivity contribution in [3.63, 3.8) is 0 Å². The number of nitro benzene ring substituents is 1. The van der Waals surface area contributed by atoms with E-state index in [0.29, 0.717) is 5.56 Å². The number of aryl methyl sites for hydroxylation is 1. The van der Waals surface area contributed by atoms with Gasteiger partial charge in [0.25, 0.3) is 5.69 Å². The van der Waals surface area contributed by atoms with E-state index in [0.717, 1.165) is 5.56 Å². The fourth-order valence-corrected chi connectivity index (χ4v) is 5.15. The van der Waals surface area contributed by atoms with Crippen molar-refractivity contribution in [3.8, 4) is 0 Å². The number of nitrogens with two attached hydrogens (primary N) is 1. The number of benzene rings is 2. The Hall–Kier alpha value is -2.00. The predicted octanol–water partition coefficient (Wildman–Crippen LogP) is 2.44. The van der Waals surface area contributed by atoms with Gasteiger partial charge in [-0.15, -0.1) is 12.4 Å². The summed E-state index contributed by atoms with van der Waals surface area (Å²) in [5, 5.41) is 11.3. The third-order valence-corrected chi connectivity index (χ3v) is 6.57. The maximum Gasteiger partial charge on any atom is 0.289 e. The van der Waals surface area contributed by atoms with Crippen molar-refractivity contribution in [1.82, 2.24) is 4.31 Å². The molecule has 1 fully saturated rings. The lowest BCUT2D eigenvalue weighted by Gasteiger charge is -2.18. The van der Waals surface area contributed by atoms with Crippen molar-refractivity contribution in [2.45, 2.75) is 23.8 Å². The Kier molecular flexibility index (Phi) is 6.02. The van der Waals surface area contributed by atoms with Crippen molar-refractivity contribution in [1.29, 1.82) is 0 Å². The number of hydrogen-bond acceptors (Lipinski definition) is 5. The van der Waals surface area contributed by atoms with Gasteiger partial charge in [-0.25, -0.2) is 8.42 Å². The molecule has 0 saturated carbocycles. The molecule has 0 aromatic heterocycles. The van der Waals surface area contributed by atoms with Gasteiger partial charge in [-0.2, -0.15) is 4.31 Å². The fraction of sp³-hybridized carbons (Fsp3) is 0.294. The third-order valence-electron chi connectivity index (χ3n) is 4.55. The van der Waals surface area contributed by atoms with E-state index >= 15 is 0 Å². The molecule has 2 aromatic rings. The molecule has 3 rings (SSSR count). The summed E-state index contributed by atoms with van der Waals surface area (Å²) in [5.41, 5.74) is 7.08. The number of sulfonamides is 1. The Labute approximate surface area is 158 Å². The summed E-state index contributed by atoms with van der Waals surface area (Å²) in [7, 11) is -4.01. The molecular weight excluding hydrogens is 378 g/mol. The maximum absolute atomic E-state index is 13.1. The van der Waals surface area contributed by atoms with Crippen molar-refractivity contribution >= 4 is 28.1 Å². The van der Waals surface area contributed by atoms with Gasteiger partial charge in [0.1, 0.15) is 0 Å². The first-order valence-electron chi connectivity index (χ1n) is 7.87. The van der Waals surface area contributed by atoms with Crippen LogP contribution >= 0.6 is 12.4 Å². The molecule has 0 amide bonds. The molecular formula is C17H20ClN3O4S. The van der Waals surface area contributed by atoms with E-state index in [1.54, 1.807) is 13.0 Å². The molecule has 140 valence electrons. The molecule has 0 aliphatic carbocycles. The van der Waals surface area contributed by atoms with Crippen molar-refractivity contribution < 1.29 is 13.3 Å². The number of nitro groups is 1. The van der Waals surface area contributed by atoms with Crippen molar-refractivity contribution in [2.75, 3.05) is 13.1 Å². The summed E-state index contributed by atoms with van der Waals surface area (Å²) >= 11 is 0. The lowest BCUT2D eigenvalue weighted by atomic mass is 9.95. The Balaban J connectivity index is 0.00000243. The van der Waals surface area contributed by atoms with E-state index in [9.17, 15) is 18.5 Å². The smallest absolute Gasteiger partial charge is 0.289 e. The molecule has 26 heavy (non-hydrogen) atoms. The first kappa shape index (κ1) is 20.3. The lowest BCUT2D eigenvalue weighted by Crippen LogP contribution is -2.33. The van der Waals surface area contributed by atoms with Crippen LogP contribution in [0.25, 0.3) is 0 Å². The second-order valence-corrected chi connectivity index (χ2v) is 8.06. The summed E-state index contributed by atoms with van der Waals surface area (Å²) < 4.78 is 27.4. The van der Waals surface area contributed by atoms with E-state index in [-0.39, 0.29) is 42.4 Å². The van der Waals surface area contributed by atoms with E-state index in [4.69, 9.17) is 5.73 Å². The summed E-state index contributed by atoms with van der Waals surface area (Å²) in [5.74, 6) is -0.140. The second-order valence-electron chi connectivity index (χ2n) is 6.18. The minimum Gasteiger partial charge on any atom is -0.326 e. The monoisotopic (exact) mass is 397 g/mol. The molecule has 9 heteroatoms. The Morgan fingerprint density at radius 3 is 2.38 bits per heavy atom. The third kappa shape index (κ3) is 3.59. The quantitative estimate of drug-likeness (QED) is 0.629. The van der Waals surface area contributed by atoms with Gasteiger partial charge in [-0.05, 0) is 18.1 Å². The number of hydrogen-bond donors (Lipinski definition) is 1. The minimum atomic E-state index is -4.01. The highest BCUT2D eigenvalue weighted by atomic mass is 35.5. The SMILES string of the molecule is Cc1cccc([N+](=O)[O-])c1S(=O)(=O)N1C[C@@H](N)[C@H](c2ccccc2)C1.Cl. The first-order chi connectivity index (χ1) is 11.8. The number of nitrogens with zero attached hydrogens (tertiary/aromatic N) is 2. The standard InChI is InChI=1S/C17H19N3O4S.ClH/c1-12-6-5-9-16(20(21)22)17(12)25(23,24)19-10-14(15(18)11-19)13-7-3-2-4-8-13;/h2-9,14-15H,10-11,18H2,1H3;1H/t14-,15+;/m0./s1. The van der Waals surface area contributed by atoms with Crippen LogP contribution in [-0.2, 0) is 10.0 Å². The van der Waals surface area contributed by atoms with Crippen LogP contribution < -0.4 is 5.73 Å². The van der Waals surface area contributed by atoms with Crippen molar-refractivity contribution in [3.05, 3.63) is 69.8 Å². The highest BCUT2D eigenvalue weighted by Gasteiger charge is 2.41. The van der Waals surface area contributed by atoms with E-state index in [2.05, 4.69) is 0 Å². The van der Waals surface area contributed by atoms with Crippen LogP contribution in [0, 0.1) is 17.0 Å². The molecule has 7 nitrogen and oxygen atoms in total. The van der Waals surface area contributed by atoms with Crippen LogP contribution in [0.2, 0.25) is 0 Å². The topological polar surface area (TPSA) is 107 Å². The maximum atomic E-state index is 13.1. The van der Waals surface area contributed by atoms with Crippen LogP contribution in [-0.4, -0.2) is 36.8 Å². The van der Waals surface area contributed by atoms with Crippen LogP contribution in [0.1, 0.15) is 17.0 Å². The van der Waals surface area contributed by atoms with Crippen LogP contribution in [0.15, 0.2) is 53.4 Å². The second kappa shape index (κ2) is 7.71. The van der Waals surface area contributed by atoms with Crippen LogP contribution in [0.3, 0.4) is 0 Å². The molecule has 0 unspecified atom stereocenters. The van der Waals surface area contributed by atoms with Gasteiger partial charge in [-0.3, -0.25) is 10.1 Å². The highest BCUT2D eigenvalue weighted by Crippen LogP contribution is 2.35. The minimum absolute atomic E-state index is 0. The molecule has 2 aromatic carbocycles. The van der Waals surface area contributed by atoms with Gasteiger partial charge in [0.05, 0.1) is 4.92 Å². The first-order valence-corrected chi connectivity index (χ1v) is 9.31. The molecule has 1 saturated heterocycles. The van der Waals surface area contributed by atoms with Gasteiger partial charge in [0.15, 0.2) is 4.90 Å². The largest absolute Gasteiger partial charge is 0.326 e. The average molecular weight is 398 g/mol. The number of rotatable bonds is 4. The molecule has 0 bridgehead atoms. The highest BCUT2D eigenvalue weighted by molar-refractivity contribution is 7.89. The zero-order valence-corrected chi connectivity index (χ0v) is 15.7. The zero-order valence-electron chi connectivity index (χ0n) is 14.1. The molecule has 1 heterocycles.